The van der Waals surface area contributed by atoms with Crippen LogP contribution in [0.2, 0.25) is 0 Å². The number of hydrogen-bond acceptors (Lipinski definition) is 5. The number of hydrogen-bond donors (Lipinski definition) is 0. The maximum absolute atomic E-state index is 12.1. The third-order valence-corrected chi connectivity index (χ3v) is 3.14. The number of ether oxygens (including phenoxy) is 1. The van der Waals surface area contributed by atoms with Gasteiger partial charge in [0.25, 0.3) is 11.6 Å². The van der Waals surface area contributed by atoms with E-state index in [0.29, 0.717) is 0 Å². The van der Waals surface area contributed by atoms with Gasteiger partial charge in [-0.25, -0.2) is 4.79 Å². The average Bonchev–Trinajstić information content (AvgIpc) is 2.77. The predicted octanol–water partition coefficient (Wildman–Crippen LogP) is 1.74. The van der Waals surface area contributed by atoms with Crippen LogP contribution in [-0.4, -0.2) is 45.0 Å². The number of amides is 1. The third-order valence-electron chi connectivity index (χ3n) is 3.14. The minimum Gasteiger partial charge on any atom is -0.451 e. The van der Waals surface area contributed by atoms with Gasteiger partial charge >= 0.3 is 5.97 Å². The van der Waals surface area contributed by atoms with Gasteiger partial charge < -0.3 is 14.2 Å². The molecule has 1 heterocycles. The summed E-state index contributed by atoms with van der Waals surface area (Å²) in [6, 6.07) is 1.10. The molecule has 0 atom stereocenters. The zero-order chi connectivity index (χ0) is 17.0. The van der Waals surface area contributed by atoms with Gasteiger partial charge in [0.2, 0.25) is 0 Å². The summed E-state index contributed by atoms with van der Waals surface area (Å²) >= 11 is 0. The van der Waals surface area contributed by atoms with E-state index >= 15 is 0 Å². The van der Waals surface area contributed by atoms with Crippen molar-refractivity contribution in [3.63, 3.8) is 0 Å². The molecule has 0 radical (unpaired) electrons. The SMILES string of the molecule is CC(C)N(C(=O)COC(=O)c1cc([N+](=O)[O-])cn1C)C(C)C. The van der Waals surface area contributed by atoms with Crippen LogP contribution in [-0.2, 0) is 16.6 Å². The molecule has 0 saturated carbocycles. The van der Waals surface area contributed by atoms with E-state index in [1.54, 1.807) is 4.90 Å². The van der Waals surface area contributed by atoms with Crippen LogP contribution in [0, 0.1) is 10.1 Å². The summed E-state index contributed by atoms with van der Waals surface area (Å²) < 4.78 is 6.27. The number of esters is 1. The van der Waals surface area contributed by atoms with Crippen molar-refractivity contribution in [2.24, 2.45) is 7.05 Å². The zero-order valence-electron chi connectivity index (χ0n) is 13.4. The molecule has 22 heavy (non-hydrogen) atoms. The molecule has 0 aliphatic carbocycles. The molecular weight excluding hydrogens is 290 g/mol. The largest absolute Gasteiger partial charge is 0.451 e. The lowest BCUT2D eigenvalue weighted by atomic mass is 10.2. The molecule has 0 saturated heterocycles. The summed E-state index contributed by atoms with van der Waals surface area (Å²) in [5.74, 6) is -1.07. The topological polar surface area (TPSA) is 94.7 Å². The molecule has 1 rings (SSSR count). The first-order chi connectivity index (χ1) is 10.1. The number of aromatic nitrogens is 1. The summed E-state index contributed by atoms with van der Waals surface area (Å²) in [5, 5.41) is 10.7. The second-order valence-electron chi connectivity index (χ2n) is 5.52. The summed E-state index contributed by atoms with van der Waals surface area (Å²) in [4.78, 5) is 35.7. The van der Waals surface area contributed by atoms with Crippen LogP contribution in [0.4, 0.5) is 5.69 Å². The summed E-state index contributed by atoms with van der Waals surface area (Å²) in [7, 11) is 1.50. The summed E-state index contributed by atoms with van der Waals surface area (Å²) in [5.41, 5.74) is -0.174. The molecular formula is C14H21N3O5. The third kappa shape index (κ3) is 4.06. The molecule has 8 nitrogen and oxygen atoms in total. The molecule has 0 aliphatic rings. The Bertz CT molecular complexity index is 569. The minimum atomic E-state index is -0.767. The van der Waals surface area contributed by atoms with E-state index < -0.39 is 17.5 Å². The number of nitro groups is 1. The number of aryl methyl sites for hydroxylation is 1. The van der Waals surface area contributed by atoms with Crippen molar-refractivity contribution in [3.05, 3.63) is 28.1 Å². The van der Waals surface area contributed by atoms with Crippen molar-refractivity contribution in [2.45, 2.75) is 39.8 Å². The zero-order valence-corrected chi connectivity index (χ0v) is 13.4. The number of carbonyl (C=O) groups excluding carboxylic acids is 2. The van der Waals surface area contributed by atoms with Gasteiger partial charge in [-0.05, 0) is 27.7 Å². The van der Waals surface area contributed by atoms with Crippen LogP contribution in [0.5, 0.6) is 0 Å². The van der Waals surface area contributed by atoms with Gasteiger partial charge in [-0.2, -0.15) is 0 Å². The Morgan fingerprint density at radius 2 is 1.86 bits per heavy atom. The molecule has 0 unspecified atom stereocenters. The fraction of sp³-hybridized carbons (Fsp3) is 0.571. The van der Waals surface area contributed by atoms with E-state index in [9.17, 15) is 19.7 Å². The van der Waals surface area contributed by atoms with E-state index in [0.717, 1.165) is 6.07 Å². The Kier molecular flexibility index (Phi) is 5.67. The average molecular weight is 311 g/mol. The van der Waals surface area contributed by atoms with Crippen LogP contribution < -0.4 is 0 Å². The maximum atomic E-state index is 12.1. The van der Waals surface area contributed by atoms with Gasteiger partial charge in [-0.3, -0.25) is 14.9 Å². The highest BCUT2D eigenvalue weighted by atomic mass is 16.6. The maximum Gasteiger partial charge on any atom is 0.355 e. The molecule has 122 valence electrons. The lowest BCUT2D eigenvalue weighted by Gasteiger charge is -2.30. The number of rotatable bonds is 6. The second-order valence-corrected chi connectivity index (χ2v) is 5.52. The highest BCUT2D eigenvalue weighted by molar-refractivity contribution is 5.90. The Morgan fingerprint density at radius 1 is 1.32 bits per heavy atom. The fourth-order valence-corrected chi connectivity index (χ4v) is 2.30. The Hall–Kier alpha value is -2.38. The lowest BCUT2D eigenvalue weighted by molar-refractivity contribution is -0.384. The molecule has 0 aliphatic heterocycles. The summed E-state index contributed by atoms with van der Waals surface area (Å²) in [6.07, 6.45) is 1.22. The van der Waals surface area contributed by atoms with E-state index in [4.69, 9.17) is 4.74 Å². The Morgan fingerprint density at radius 3 is 2.27 bits per heavy atom. The van der Waals surface area contributed by atoms with Crippen molar-refractivity contribution in [1.29, 1.82) is 0 Å². The molecule has 1 aromatic heterocycles. The van der Waals surface area contributed by atoms with Gasteiger partial charge in [-0.15, -0.1) is 0 Å². The van der Waals surface area contributed by atoms with Gasteiger partial charge in [-0.1, -0.05) is 0 Å². The first-order valence-corrected chi connectivity index (χ1v) is 6.94. The number of nitrogens with zero attached hydrogens (tertiary/aromatic N) is 3. The Labute approximate surface area is 128 Å². The van der Waals surface area contributed by atoms with Gasteiger partial charge in [0.1, 0.15) is 5.69 Å². The normalized spacial score (nSPS) is 10.9. The summed E-state index contributed by atoms with van der Waals surface area (Å²) in [6.45, 7) is 7.11. The van der Waals surface area contributed by atoms with Gasteiger partial charge in [0.15, 0.2) is 6.61 Å². The standard InChI is InChI=1S/C14H21N3O5/c1-9(2)16(10(3)4)13(18)8-22-14(19)12-6-11(17(20)21)7-15(12)5/h6-7,9-10H,8H2,1-5H3. The highest BCUT2D eigenvalue weighted by Crippen LogP contribution is 2.16. The number of carbonyl (C=O) groups is 2. The first-order valence-electron chi connectivity index (χ1n) is 6.94. The molecule has 0 bridgehead atoms. The fourth-order valence-electron chi connectivity index (χ4n) is 2.30. The monoisotopic (exact) mass is 311 g/mol. The van der Waals surface area contributed by atoms with Crippen LogP contribution in [0.1, 0.15) is 38.2 Å². The lowest BCUT2D eigenvalue weighted by Crippen LogP contribution is -2.44. The Balaban J connectivity index is 2.74. The van der Waals surface area contributed by atoms with Crippen LogP contribution in [0.25, 0.3) is 0 Å². The van der Waals surface area contributed by atoms with Crippen LogP contribution >= 0.6 is 0 Å². The molecule has 0 spiro atoms. The van der Waals surface area contributed by atoms with Gasteiger partial charge in [0.05, 0.1) is 11.1 Å². The predicted molar refractivity (Wildman–Crippen MR) is 79.5 cm³/mol. The van der Waals surface area contributed by atoms with Crippen LogP contribution in [0.3, 0.4) is 0 Å². The van der Waals surface area contributed by atoms with Crippen molar-refractivity contribution in [1.82, 2.24) is 9.47 Å². The minimum absolute atomic E-state index is 0.0117. The molecule has 0 N–H and O–H groups in total. The van der Waals surface area contributed by atoms with Crippen molar-refractivity contribution in [2.75, 3.05) is 6.61 Å². The van der Waals surface area contributed by atoms with Gasteiger partial charge in [0, 0.05) is 25.2 Å². The smallest absolute Gasteiger partial charge is 0.355 e. The van der Waals surface area contributed by atoms with Crippen LogP contribution in [0.15, 0.2) is 12.3 Å². The van der Waals surface area contributed by atoms with E-state index in [-0.39, 0.29) is 29.4 Å². The molecule has 1 amide bonds. The quantitative estimate of drug-likeness (QED) is 0.453. The molecule has 0 fully saturated rings. The van der Waals surface area contributed by atoms with Crippen molar-refractivity contribution < 1.29 is 19.2 Å². The van der Waals surface area contributed by atoms with Crippen molar-refractivity contribution in [3.8, 4) is 0 Å². The van der Waals surface area contributed by atoms with E-state index in [1.807, 2.05) is 27.7 Å². The molecule has 1 aromatic rings. The highest BCUT2D eigenvalue weighted by Gasteiger charge is 2.23. The molecule has 8 heteroatoms. The van der Waals surface area contributed by atoms with E-state index in [2.05, 4.69) is 0 Å². The van der Waals surface area contributed by atoms with Crippen molar-refractivity contribution >= 4 is 17.6 Å². The second kappa shape index (κ2) is 7.06. The van der Waals surface area contributed by atoms with E-state index in [1.165, 1.54) is 17.8 Å². The first kappa shape index (κ1) is 17.7. The molecule has 0 aromatic carbocycles.